The number of carbonyl (C=O) groups is 2. The van der Waals surface area contributed by atoms with Gasteiger partial charge in [0.1, 0.15) is 5.75 Å². The lowest BCUT2D eigenvalue weighted by Gasteiger charge is -2.34. The van der Waals surface area contributed by atoms with Gasteiger partial charge in [0, 0.05) is 26.2 Å². The molecule has 114 valence electrons. The third kappa shape index (κ3) is 3.74. The predicted octanol–water partition coefficient (Wildman–Crippen LogP) is 1.37. The number of piperazine rings is 1. The number of carbonyl (C=O) groups excluding carboxylic acids is 2. The Morgan fingerprint density at radius 2 is 1.90 bits per heavy atom. The van der Waals surface area contributed by atoms with Crippen LogP contribution < -0.4 is 4.74 Å². The quantitative estimate of drug-likeness (QED) is 0.787. The van der Waals surface area contributed by atoms with Crippen molar-refractivity contribution in [1.29, 1.82) is 0 Å². The molecule has 1 heterocycles. The van der Waals surface area contributed by atoms with Crippen LogP contribution in [-0.4, -0.2) is 54.4 Å². The first-order valence-corrected chi connectivity index (χ1v) is 7.23. The molecule has 1 saturated heterocycles. The Balaban J connectivity index is 1.96. The lowest BCUT2D eigenvalue weighted by Crippen LogP contribution is -2.51. The van der Waals surface area contributed by atoms with Gasteiger partial charge in [0.2, 0.25) is 6.41 Å². The Morgan fingerprint density at radius 1 is 1.24 bits per heavy atom. The van der Waals surface area contributed by atoms with Gasteiger partial charge in [-0.25, -0.2) is 0 Å². The Kier molecular flexibility index (Phi) is 4.83. The summed E-state index contributed by atoms with van der Waals surface area (Å²) in [5.41, 5.74) is 2.13. The molecule has 21 heavy (non-hydrogen) atoms. The highest BCUT2D eigenvalue weighted by Crippen LogP contribution is 2.21. The molecule has 0 radical (unpaired) electrons. The number of amides is 2. The number of rotatable bonds is 4. The maximum Gasteiger partial charge on any atom is 0.263 e. The number of ether oxygens (including phenoxy) is 1. The SMILES string of the molecule is Cc1ccc(C)c(O[C@@H](C)C(=O)N2CCN(C=O)CC2)c1. The Hall–Kier alpha value is -2.04. The molecule has 2 rings (SSSR count). The molecule has 1 fully saturated rings. The van der Waals surface area contributed by atoms with Gasteiger partial charge in [0.15, 0.2) is 6.10 Å². The summed E-state index contributed by atoms with van der Waals surface area (Å²) < 4.78 is 5.82. The van der Waals surface area contributed by atoms with Crippen LogP contribution in [0.1, 0.15) is 18.1 Å². The minimum absolute atomic E-state index is 0.0264. The van der Waals surface area contributed by atoms with Crippen molar-refractivity contribution in [2.45, 2.75) is 26.9 Å². The summed E-state index contributed by atoms with van der Waals surface area (Å²) in [7, 11) is 0. The fourth-order valence-electron chi connectivity index (χ4n) is 2.38. The minimum Gasteiger partial charge on any atom is -0.481 e. The van der Waals surface area contributed by atoms with E-state index in [-0.39, 0.29) is 5.91 Å². The van der Waals surface area contributed by atoms with E-state index in [1.807, 2.05) is 32.0 Å². The lowest BCUT2D eigenvalue weighted by molar-refractivity contribution is -0.141. The van der Waals surface area contributed by atoms with Crippen LogP contribution in [0.25, 0.3) is 0 Å². The van der Waals surface area contributed by atoms with Crippen molar-refractivity contribution in [3.05, 3.63) is 29.3 Å². The van der Waals surface area contributed by atoms with Crippen molar-refractivity contribution in [3.63, 3.8) is 0 Å². The molecule has 5 nitrogen and oxygen atoms in total. The first-order chi connectivity index (χ1) is 10.0. The molecule has 1 aromatic carbocycles. The lowest BCUT2D eigenvalue weighted by atomic mass is 10.1. The number of hydrogen-bond donors (Lipinski definition) is 0. The third-order valence-electron chi connectivity index (χ3n) is 3.77. The summed E-state index contributed by atoms with van der Waals surface area (Å²) in [5.74, 6) is 0.726. The largest absolute Gasteiger partial charge is 0.481 e. The van der Waals surface area contributed by atoms with Gasteiger partial charge in [-0.15, -0.1) is 0 Å². The fourth-order valence-corrected chi connectivity index (χ4v) is 2.38. The number of hydrogen-bond acceptors (Lipinski definition) is 3. The molecule has 2 amide bonds. The van der Waals surface area contributed by atoms with Gasteiger partial charge in [-0.05, 0) is 38.0 Å². The van der Waals surface area contributed by atoms with Crippen LogP contribution in [0.4, 0.5) is 0 Å². The van der Waals surface area contributed by atoms with Gasteiger partial charge in [-0.3, -0.25) is 9.59 Å². The molecule has 1 aliphatic heterocycles. The average molecular weight is 290 g/mol. The topological polar surface area (TPSA) is 49.9 Å². The van der Waals surface area contributed by atoms with Crippen LogP contribution in [0, 0.1) is 13.8 Å². The molecular weight excluding hydrogens is 268 g/mol. The molecule has 0 saturated carbocycles. The van der Waals surface area contributed by atoms with Crippen molar-refractivity contribution in [1.82, 2.24) is 9.80 Å². The maximum atomic E-state index is 12.4. The zero-order valence-electron chi connectivity index (χ0n) is 12.8. The summed E-state index contributed by atoms with van der Waals surface area (Å²) in [6.07, 6.45) is 0.311. The van der Waals surface area contributed by atoms with E-state index in [1.165, 1.54) is 0 Å². The Morgan fingerprint density at radius 3 is 2.52 bits per heavy atom. The average Bonchev–Trinajstić information content (AvgIpc) is 2.50. The highest BCUT2D eigenvalue weighted by Gasteiger charge is 2.25. The van der Waals surface area contributed by atoms with E-state index in [2.05, 4.69) is 0 Å². The molecule has 5 heteroatoms. The van der Waals surface area contributed by atoms with Crippen molar-refractivity contribution >= 4 is 12.3 Å². The van der Waals surface area contributed by atoms with Gasteiger partial charge in [-0.2, -0.15) is 0 Å². The second-order valence-corrected chi connectivity index (χ2v) is 5.50. The summed E-state index contributed by atoms with van der Waals surface area (Å²) >= 11 is 0. The van der Waals surface area contributed by atoms with Crippen molar-refractivity contribution in [2.75, 3.05) is 26.2 Å². The summed E-state index contributed by atoms with van der Waals surface area (Å²) in [6, 6.07) is 5.96. The van der Waals surface area contributed by atoms with Gasteiger partial charge in [-0.1, -0.05) is 12.1 Å². The van der Waals surface area contributed by atoms with Crippen LogP contribution in [-0.2, 0) is 9.59 Å². The highest BCUT2D eigenvalue weighted by molar-refractivity contribution is 5.81. The van der Waals surface area contributed by atoms with E-state index in [4.69, 9.17) is 4.74 Å². The van der Waals surface area contributed by atoms with Crippen molar-refractivity contribution in [3.8, 4) is 5.75 Å². The summed E-state index contributed by atoms with van der Waals surface area (Å²) in [4.78, 5) is 26.5. The van der Waals surface area contributed by atoms with E-state index in [0.29, 0.717) is 26.2 Å². The standard InChI is InChI=1S/C16H22N2O3/c1-12-4-5-13(2)15(10-12)21-14(3)16(20)18-8-6-17(11-19)7-9-18/h4-5,10-11,14H,6-9H2,1-3H3/t14-/m0/s1. The van der Waals surface area contributed by atoms with Crippen molar-refractivity contribution < 1.29 is 14.3 Å². The molecule has 0 unspecified atom stereocenters. The molecule has 1 aliphatic rings. The number of nitrogens with zero attached hydrogens (tertiary/aromatic N) is 2. The number of aryl methyl sites for hydroxylation is 2. The first-order valence-electron chi connectivity index (χ1n) is 7.23. The Labute approximate surface area is 125 Å². The zero-order valence-corrected chi connectivity index (χ0v) is 12.8. The maximum absolute atomic E-state index is 12.4. The molecule has 1 aromatic rings. The van der Waals surface area contributed by atoms with Gasteiger partial charge in [0.25, 0.3) is 5.91 Å². The summed E-state index contributed by atoms with van der Waals surface area (Å²) in [5, 5.41) is 0. The van der Waals surface area contributed by atoms with Crippen LogP contribution >= 0.6 is 0 Å². The smallest absolute Gasteiger partial charge is 0.263 e. The van der Waals surface area contributed by atoms with E-state index in [1.54, 1.807) is 16.7 Å². The van der Waals surface area contributed by atoms with E-state index < -0.39 is 6.10 Å². The molecule has 0 spiro atoms. The normalized spacial score (nSPS) is 16.5. The van der Waals surface area contributed by atoms with Crippen LogP contribution in [0.2, 0.25) is 0 Å². The van der Waals surface area contributed by atoms with Crippen LogP contribution in [0.3, 0.4) is 0 Å². The highest BCUT2D eigenvalue weighted by atomic mass is 16.5. The Bertz CT molecular complexity index is 522. The van der Waals surface area contributed by atoms with Crippen LogP contribution in [0.5, 0.6) is 5.75 Å². The van der Waals surface area contributed by atoms with Gasteiger partial charge >= 0.3 is 0 Å². The predicted molar refractivity (Wildman–Crippen MR) is 80.2 cm³/mol. The molecule has 0 aromatic heterocycles. The fraction of sp³-hybridized carbons (Fsp3) is 0.500. The van der Waals surface area contributed by atoms with Crippen LogP contribution in [0.15, 0.2) is 18.2 Å². The van der Waals surface area contributed by atoms with Gasteiger partial charge < -0.3 is 14.5 Å². The van der Waals surface area contributed by atoms with E-state index in [9.17, 15) is 9.59 Å². The van der Waals surface area contributed by atoms with Crippen molar-refractivity contribution in [2.24, 2.45) is 0 Å². The molecular formula is C16H22N2O3. The third-order valence-corrected chi connectivity index (χ3v) is 3.77. The minimum atomic E-state index is -0.520. The number of benzene rings is 1. The second kappa shape index (κ2) is 6.61. The van der Waals surface area contributed by atoms with Gasteiger partial charge in [0.05, 0.1) is 0 Å². The first kappa shape index (κ1) is 15.4. The van der Waals surface area contributed by atoms with E-state index >= 15 is 0 Å². The molecule has 0 N–H and O–H groups in total. The zero-order chi connectivity index (χ0) is 15.4. The molecule has 0 aliphatic carbocycles. The molecule has 1 atom stereocenters. The monoisotopic (exact) mass is 290 g/mol. The summed E-state index contributed by atoms with van der Waals surface area (Å²) in [6.45, 7) is 8.05. The van der Waals surface area contributed by atoms with E-state index in [0.717, 1.165) is 23.3 Å². The molecule has 0 bridgehead atoms. The second-order valence-electron chi connectivity index (χ2n) is 5.50.